The number of nitrogens with zero attached hydrogens (tertiary/aromatic N) is 1. The molecule has 7 atom stereocenters. The molecule has 0 spiro atoms. The molecule has 2 fully saturated rings. The van der Waals surface area contributed by atoms with Crippen LogP contribution in [0.5, 0.6) is 0 Å². The Balaban J connectivity index is 1.50. The Kier molecular flexibility index (Phi) is 15.6. The summed E-state index contributed by atoms with van der Waals surface area (Å²) in [5.74, 6) is -0.192. The number of ether oxygens (including phenoxy) is 4. The van der Waals surface area contributed by atoms with Crippen LogP contribution < -0.4 is 10.6 Å². The second-order valence-corrected chi connectivity index (χ2v) is 10.2. The highest BCUT2D eigenvalue weighted by atomic mass is 16.7. The van der Waals surface area contributed by atoms with Gasteiger partial charge in [0.25, 0.3) is 0 Å². The molecule has 5 unspecified atom stereocenters. The highest BCUT2D eigenvalue weighted by molar-refractivity contribution is 5.77. The number of carbonyl (C=O) groups excluding carboxylic acids is 2. The van der Waals surface area contributed by atoms with E-state index in [1.54, 1.807) is 14.2 Å². The van der Waals surface area contributed by atoms with Crippen molar-refractivity contribution in [1.29, 1.82) is 0 Å². The summed E-state index contributed by atoms with van der Waals surface area (Å²) in [6, 6.07) is -0.804. The molecule has 0 bridgehead atoms. The van der Waals surface area contributed by atoms with Crippen molar-refractivity contribution in [3.8, 4) is 0 Å². The maximum Gasteiger partial charge on any atom is 0.222 e. The lowest BCUT2D eigenvalue weighted by molar-refractivity contribution is -0.270. The van der Waals surface area contributed by atoms with Crippen LogP contribution in [0.1, 0.15) is 58.3 Å². The second kappa shape index (κ2) is 18.1. The number of unbranched alkanes of at least 4 members (excludes halogenated alkanes) is 4. The first-order valence-corrected chi connectivity index (χ1v) is 13.8. The van der Waals surface area contributed by atoms with Gasteiger partial charge in [0.05, 0.1) is 25.4 Å². The maximum absolute atomic E-state index is 12.6. The third-order valence-electron chi connectivity index (χ3n) is 7.16. The van der Waals surface area contributed by atoms with Gasteiger partial charge in [0, 0.05) is 40.7 Å². The van der Waals surface area contributed by atoms with E-state index >= 15 is 0 Å². The Morgan fingerprint density at radius 1 is 1.03 bits per heavy atom. The largest absolute Gasteiger partial charge is 0.394 e. The van der Waals surface area contributed by atoms with Gasteiger partial charge in [-0.05, 0) is 51.6 Å². The SMILES string of the molecule is COC[C@@H]1C[C@@H](OC)CN1C(=O)CCCCCNCCCCCOC1OC(CO)C(O)C(O)C1NC(C)=O. The van der Waals surface area contributed by atoms with E-state index in [1.165, 1.54) is 6.92 Å². The molecule has 0 radical (unpaired) electrons. The minimum Gasteiger partial charge on any atom is -0.394 e. The minimum absolute atomic E-state index is 0.0941. The number of aliphatic hydroxyl groups excluding tert-OH is 3. The van der Waals surface area contributed by atoms with Crippen molar-refractivity contribution in [3.05, 3.63) is 0 Å². The van der Waals surface area contributed by atoms with E-state index in [4.69, 9.17) is 18.9 Å². The molecule has 0 aromatic rings. The number of nitrogens with one attached hydrogen (secondary N) is 2. The number of likely N-dealkylation sites (tertiary alicyclic amines) is 1. The van der Waals surface area contributed by atoms with Crippen molar-refractivity contribution >= 4 is 11.8 Å². The van der Waals surface area contributed by atoms with Gasteiger partial charge in [-0.15, -0.1) is 0 Å². The third kappa shape index (κ3) is 10.6. The van der Waals surface area contributed by atoms with Crippen LogP contribution in [0.15, 0.2) is 0 Å². The van der Waals surface area contributed by atoms with E-state index < -0.39 is 37.3 Å². The standard InChI is InChI=1S/C26H49N3O9/c1-18(31)28-23-25(34)24(33)21(16-30)38-26(23)37-13-9-5-8-12-27-11-7-4-6-10-22(32)29-15-20(36-3)14-19(29)17-35-2/h19-21,23-27,30,33-34H,4-17H2,1-3H3,(H,28,31)/t19-,20+,21?,23?,24?,25?,26?/m0/s1. The van der Waals surface area contributed by atoms with Gasteiger partial charge in [-0.2, -0.15) is 0 Å². The third-order valence-corrected chi connectivity index (χ3v) is 7.16. The highest BCUT2D eigenvalue weighted by Crippen LogP contribution is 2.23. The molecule has 2 amide bonds. The molecule has 12 heteroatoms. The lowest BCUT2D eigenvalue weighted by atomic mass is 9.97. The summed E-state index contributed by atoms with van der Waals surface area (Å²) < 4.78 is 22.0. The fourth-order valence-electron chi connectivity index (χ4n) is 5.01. The summed E-state index contributed by atoms with van der Waals surface area (Å²) >= 11 is 0. The highest BCUT2D eigenvalue weighted by Gasteiger charge is 2.45. The molecule has 12 nitrogen and oxygen atoms in total. The molecule has 2 rings (SSSR count). The number of hydrogen-bond acceptors (Lipinski definition) is 10. The molecule has 0 aromatic heterocycles. The first-order valence-electron chi connectivity index (χ1n) is 13.8. The Morgan fingerprint density at radius 3 is 2.37 bits per heavy atom. The molecular weight excluding hydrogens is 498 g/mol. The van der Waals surface area contributed by atoms with E-state index in [-0.39, 0.29) is 24.0 Å². The van der Waals surface area contributed by atoms with Gasteiger partial charge in [0.15, 0.2) is 6.29 Å². The summed E-state index contributed by atoms with van der Waals surface area (Å²) in [6.45, 7) is 4.20. The summed E-state index contributed by atoms with van der Waals surface area (Å²) in [5.41, 5.74) is 0. The lowest BCUT2D eigenvalue weighted by Crippen LogP contribution is -2.64. The number of aliphatic hydroxyl groups is 3. The molecule has 0 saturated carbocycles. The van der Waals surface area contributed by atoms with Crippen molar-refractivity contribution in [2.24, 2.45) is 0 Å². The van der Waals surface area contributed by atoms with Crippen LogP contribution in [0.3, 0.4) is 0 Å². The van der Waals surface area contributed by atoms with Crippen LogP contribution in [0, 0.1) is 0 Å². The topological polar surface area (TPSA) is 159 Å². The average molecular weight is 548 g/mol. The Bertz CT molecular complexity index is 686. The number of amides is 2. The molecule has 38 heavy (non-hydrogen) atoms. The zero-order chi connectivity index (χ0) is 27.9. The summed E-state index contributed by atoms with van der Waals surface area (Å²) in [7, 11) is 3.35. The average Bonchev–Trinajstić information content (AvgIpc) is 3.31. The van der Waals surface area contributed by atoms with Crippen molar-refractivity contribution in [1.82, 2.24) is 15.5 Å². The molecule has 2 saturated heterocycles. The smallest absolute Gasteiger partial charge is 0.222 e. The molecule has 0 aromatic carbocycles. The maximum atomic E-state index is 12.6. The van der Waals surface area contributed by atoms with Gasteiger partial charge in [-0.25, -0.2) is 0 Å². The Labute approximate surface area is 226 Å². The van der Waals surface area contributed by atoms with Crippen molar-refractivity contribution in [3.63, 3.8) is 0 Å². The van der Waals surface area contributed by atoms with Crippen LogP contribution in [-0.2, 0) is 28.5 Å². The molecule has 0 aliphatic carbocycles. The van der Waals surface area contributed by atoms with Gasteiger partial charge in [-0.3, -0.25) is 9.59 Å². The van der Waals surface area contributed by atoms with Crippen molar-refractivity contribution in [2.75, 3.05) is 53.7 Å². The van der Waals surface area contributed by atoms with Crippen LogP contribution in [0.25, 0.3) is 0 Å². The summed E-state index contributed by atoms with van der Waals surface area (Å²) in [5, 5.41) is 35.7. The fourth-order valence-corrected chi connectivity index (χ4v) is 5.01. The van der Waals surface area contributed by atoms with E-state index in [2.05, 4.69) is 10.6 Å². The van der Waals surface area contributed by atoms with Gasteiger partial charge >= 0.3 is 0 Å². The number of hydrogen-bond donors (Lipinski definition) is 5. The molecule has 5 N–H and O–H groups in total. The van der Waals surface area contributed by atoms with Crippen LogP contribution in [0.4, 0.5) is 0 Å². The van der Waals surface area contributed by atoms with Gasteiger partial charge < -0.3 is 49.8 Å². The van der Waals surface area contributed by atoms with E-state index in [1.807, 2.05) is 4.90 Å². The van der Waals surface area contributed by atoms with Gasteiger partial charge in [0.2, 0.25) is 11.8 Å². The number of methoxy groups -OCH3 is 2. The van der Waals surface area contributed by atoms with Gasteiger partial charge in [0.1, 0.15) is 24.4 Å². The van der Waals surface area contributed by atoms with E-state index in [0.29, 0.717) is 26.2 Å². The van der Waals surface area contributed by atoms with Crippen LogP contribution >= 0.6 is 0 Å². The van der Waals surface area contributed by atoms with Crippen molar-refractivity contribution < 1.29 is 43.9 Å². The molecular formula is C26H49N3O9. The number of rotatable bonds is 18. The number of carbonyl (C=O) groups is 2. The normalized spacial score (nSPS) is 29.5. The van der Waals surface area contributed by atoms with Crippen LogP contribution in [-0.4, -0.2) is 128 Å². The van der Waals surface area contributed by atoms with Crippen molar-refractivity contribution in [2.45, 2.75) is 101 Å². The van der Waals surface area contributed by atoms with E-state index in [9.17, 15) is 24.9 Å². The molecule has 2 aliphatic heterocycles. The zero-order valence-electron chi connectivity index (χ0n) is 23.2. The molecule has 2 heterocycles. The predicted molar refractivity (Wildman–Crippen MR) is 139 cm³/mol. The second-order valence-electron chi connectivity index (χ2n) is 10.2. The Hall–Kier alpha value is -1.38. The quantitative estimate of drug-likeness (QED) is 0.142. The first-order chi connectivity index (χ1) is 18.3. The Morgan fingerprint density at radius 2 is 1.74 bits per heavy atom. The summed E-state index contributed by atoms with van der Waals surface area (Å²) in [6.07, 6.45) is 2.49. The van der Waals surface area contributed by atoms with Crippen LogP contribution in [0.2, 0.25) is 0 Å². The van der Waals surface area contributed by atoms with Gasteiger partial charge in [-0.1, -0.05) is 6.42 Å². The molecule has 2 aliphatic rings. The van der Waals surface area contributed by atoms with E-state index in [0.717, 1.165) is 58.0 Å². The minimum atomic E-state index is -1.31. The predicted octanol–water partition coefficient (Wildman–Crippen LogP) is -0.471. The first kappa shape index (κ1) is 32.8. The zero-order valence-corrected chi connectivity index (χ0v) is 23.2. The fraction of sp³-hybridized carbons (Fsp3) is 0.923. The lowest BCUT2D eigenvalue weighted by Gasteiger charge is -2.42. The monoisotopic (exact) mass is 547 g/mol. The summed E-state index contributed by atoms with van der Waals surface area (Å²) in [4.78, 5) is 26.0. The molecule has 222 valence electrons.